The molecule has 0 aliphatic carbocycles. The third kappa shape index (κ3) is 3.61. The molecule has 0 spiro atoms. The highest BCUT2D eigenvalue weighted by Crippen LogP contribution is 2.27. The Labute approximate surface area is 134 Å². The molecule has 2 aliphatic heterocycles. The predicted octanol–water partition coefficient (Wildman–Crippen LogP) is 2.08. The van der Waals surface area contributed by atoms with Crippen molar-refractivity contribution >= 4 is 23.6 Å². The summed E-state index contributed by atoms with van der Waals surface area (Å²) in [6.45, 7) is 2.46. The van der Waals surface area contributed by atoms with E-state index in [1.54, 1.807) is 6.20 Å². The lowest BCUT2D eigenvalue weighted by molar-refractivity contribution is -0.120. The van der Waals surface area contributed by atoms with Gasteiger partial charge in [0.1, 0.15) is 0 Å². The van der Waals surface area contributed by atoms with Crippen molar-refractivity contribution in [2.45, 2.75) is 42.4 Å². The zero-order chi connectivity index (χ0) is 15.4. The molecule has 0 radical (unpaired) electrons. The van der Waals surface area contributed by atoms with Crippen LogP contribution < -0.4 is 5.32 Å². The number of hydrogen-bond acceptors (Lipinski definition) is 4. The van der Waals surface area contributed by atoms with Crippen LogP contribution in [-0.4, -0.2) is 46.6 Å². The lowest BCUT2D eigenvalue weighted by Gasteiger charge is -2.15. The number of nitrogens with one attached hydrogen (secondary N) is 1. The molecule has 1 atom stereocenters. The van der Waals surface area contributed by atoms with Crippen LogP contribution in [0.5, 0.6) is 0 Å². The van der Waals surface area contributed by atoms with E-state index in [9.17, 15) is 9.59 Å². The van der Waals surface area contributed by atoms with Gasteiger partial charge in [0, 0.05) is 25.8 Å². The summed E-state index contributed by atoms with van der Waals surface area (Å²) in [5.74, 6) is 0.162. The lowest BCUT2D eigenvalue weighted by atomic mass is 10.2. The highest BCUT2D eigenvalue weighted by atomic mass is 32.2. The van der Waals surface area contributed by atoms with E-state index < -0.39 is 0 Å². The summed E-state index contributed by atoms with van der Waals surface area (Å²) >= 11 is 1.49. The van der Waals surface area contributed by atoms with E-state index in [2.05, 4.69) is 10.3 Å². The zero-order valence-corrected chi connectivity index (χ0v) is 13.4. The smallest absolute Gasteiger partial charge is 0.255 e. The third-order valence-electron chi connectivity index (χ3n) is 4.12. The number of pyridine rings is 1. The van der Waals surface area contributed by atoms with Gasteiger partial charge in [0.05, 0.1) is 15.8 Å². The molecule has 118 valence electrons. The molecule has 2 fully saturated rings. The van der Waals surface area contributed by atoms with Crippen LogP contribution in [0.4, 0.5) is 0 Å². The molecule has 2 amide bonds. The topological polar surface area (TPSA) is 62.3 Å². The van der Waals surface area contributed by atoms with Gasteiger partial charge in [0.25, 0.3) is 5.91 Å². The molecule has 1 aromatic heterocycles. The number of nitrogens with zero attached hydrogens (tertiary/aromatic N) is 2. The van der Waals surface area contributed by atoms with Crippen LogP contribution in [0.3, 0.4) is 0 Å². The van der Waals surface area contributed by atoms with E-state index in [0.717, 1.165) is 56.8 Å². The second-order valence-electron chi connectivity index (χ2n) is 5.78. The van der Waals surface area contributed by atoms with Gasteiger partial charge in [0.15, 0.2) is 0 Å². The highest BCUT2D eigenvalue weighted by molar-refractivity contribution is 8.00. The molecule has 3 heterocycles. The van der Waals surface area contributed by atoms with Gasteiger partial charge >= 0.3 is 0 Å². The summed E-state index contributed by atoms with van der Waals surface area (Å²) in [7, 11) is 0. The summed E-state index contributed by atoms with van der Waals surface area (Å²) in [4.78, 5) is 30.5. The van der Waals surface area contributed by atoms with Crippen molar-refractivity contribution in [1.29, 1.82) is 0 Å². The first-order valence-electron chi connectivity index (χ1n) is 7.94. The van der Waals surface area contributed by atoms with Gasteiger partial charge < -0.3 is 10.2 Å². The first-order valence-corrected chi connectivity index (χ1v) is 8.82. The first kappa shape index (κ1) is 15.3. The Morgan fingerprint density at radius 2 is 2.05 bits per heavy atom. The number of thioether (sulfide) groups is 1. The molecule has 0 saturated carbocycles. The molecule has 3 rings (SSSR count). The molecule has 0 aromatic carbocycles. The van der Waals surface area contributed by atoms with Crippen LogP contribution in [0.15, 0.2) is 23.4 Å². The second kappa shape index (κ2) is 7.13. The molecule has 5 nitrogen and oxygen atoms in total. The molecule has 22 heavy (non-hydrogen) atoms. The van der Waals surface area contributed by atoms with E-state index in [4.69, 9.17) is 0 Å². The Bertz CT molecular complexity index is 541. The fraction of sp³-hybridized carbons (Fsp3) is 0.562. The van der Waals surface area contributed by atoms with Crippen LogP contribution >= 0.6 is 11.8 Å². The Hall–Kier alpha value is -1.56. The average Bonchev–Trinajstić information content (AvgIpc) is 3.00. The van der Waals surface area contributed by atoms with Gasteiger partial charge in [-0.1, -0.05) is 18.2 Å². The standard InChI is InChI=1S/C16H21N3O2S/c20-15-13(5-1-2-8-17-15)22-14-7-6-12(11-18-14)16(21)19-9-3-4-10-19/h6-7,11,13H,1-5,8-10H2,(H,17,20)/t13-/m0/s1. The number of likely N-dealkylation sites (tertiary alicyclic amines) is 1. The van der Waals surface area contributed by atoms with Crippen LogP contribution in [-0.2, 0) is 4.79 Å². The van der Waals surface area contributed by atoms with Crippen molar-refractivity contribution in [3.8, 4) is 0 Å². The van der Waals surface area contributed by atoms with Crippen LogP contribution in [0.2, 0.25) is 0 Å². The normalized spacial score (nSPS) is 22.3. The van der Waals surface area contributed by atoms with Gasteiger partial charge in [0.2, 0.25) is 5.91 Å². The van der Waals surface area contributed by atoms with Crippen molar-refractivity contribution in [2.24, 2.45) is 0 Å². The van der Waals surface area contributed by atoms with Gasteiger partial charge in [-0.2, -0.15) is 0 Å². The highest BCUT2D eigenvalue weighted by Gasteiger charge is 2.23. The number of aromatic nitrogens is 1. The third-order valence-corrected chi connectivity index (χ3v) is 5.34. The summed E-state index contributed by atoms with van der Waals surface area (Å²) in [5.41, 5.74) is 0.636. The maximum absolute atomic E-state index is 12.3. The van der Waals surface area contributed by atoms with Crippen LogP contribution in [0.25, 0.3) is 0 Å². The Balaban J connectivity index is 1.63. The lowest BCUT2D eigenvalue weighted by Crippen LogP contribution is -2.30. The van der Waals surface area contributed by atoms with Crippen molar-refractivity contribution in [1.82, 2.24) is 15.2 Å². The average molecular weight is 319 g/mol. The molecular formula is C16H21N3O2S. The van der Waals surface area contributed by atoms with Gasteiger partial charge in [-0.3, -0.25) is 9.59 Å². The van der Waals surface area contributed by atoms with E-state index >= 15 is 0 Å². The van der Waals surface area contributed by atoms with E-state index in [1.807, 2.05) is 17.0 Å². The van der Waals surface area contributed by atoms with Crippen molar-refractivity contribution < 1.29 is 9.59 Å². The Kier molecular flexibility index (Phi) is 4.97. The second-order valence-corrected chi connectivity index (χ2v) is 7.00. The number of carbonyl (C=O) groups excluding carboxylic acids is 2. The largest absolute Gasteiger partial charge is 0.355 e. The SMILES string of the molecule is O=C1NCCCC[C@@H]1Sc1ccc(C(=O)N2CCCC2)cn1. The van der Waals surface area contributed by atoms with Gasteiger partial charge in [-0.15, -0.1) is 0 Å². The van der Waals surface area contributed by atoms with Crippen LogP contribution in [0.1, 0.15) is 42.5 Å². The molecule has 0 unspecified atom stereocenters. The van der Waals surface area contributed by atoms with Gasteiger partial charge in [-0.25, -0.2) is 4.98 Å². The summed E-state index contributed by atoms with van der Waals surface area (Å²) < 4.78 is 0. The first-order chi connectivity index (χ1) is 10.7. The van der Waals surface area contributed by atoms with E-state index in [0.29, 0.717) is 5.56 Å². The fourth-order valence-electron chi connectivity index (χ4n) is 2.85. The molecule has 1 aromatic rings. The summed E-state index contributed by atoms with van der Waals surface area (Å²) in [5, 5.41) is 3.66. The Morgan fingerprint density at radius 3 is 2.77 bits per heavy atom. The van der Waals surface area contributed by atoms with Crippen molar-refractivity contribution in [2.75, 3.05) is 19.6 Å². The summed E-state index contributed by atoms with van der Waals surface area (Å²) in [6.07, 6.45) is 6.79. The molecule has 0 bridgehead atoms. The minimum absolute atomic E-state index is 0.0637. The maximum atomic E-state index is 12.3. The maximum Gasteiger partial charge on any atom is 0.255 e. The molecule has 2 saturated heterocycles. The fourth-order valence-corrected chi connectivity index (χ4v) is 3.88. The number of rotatable bonds is 3. The molecular weight excluding hydrogens is 298 g/mol. The zero-order valence-electron chi connectivity index (χ0n) is 12.6. The predicted molar refractivity (Wildman–Crippen MR) is 85.9 cm³/mol. The van der Waals surface area contributed by atoms with E-state index in [1.165, 1.54) is 11.8 Å². The molecule has 1 N–H and O–H groups in total. The number of amides is 2. The minimum Gasteiger partial charge on any atom is -0.355 e. The quantitative estimate of drug-likeness (QED) is 0.926. The molecule has 6 heteroatoms. The molecule has 2 aliphatic rings. The Morgan fingerprint density at radius 1 is 1.23 bits per heavy atom. The number of hydrogen-bond donors (Lipinski definition) is 1. The van der Waals surface area contributed by atoms with Crippen molar-refractivity contribution in [3.05, 3.63) is 23.9 Å². The monoisotopic (exact) mass is 319 g/mol. The van der Waals surface area contributed by atoms with Crippen LogP contribution in [0, 0.1) is 0 Å². The van der Waals surface area contributed by atoms with E-state index in [-0.39, 0.29) is 17.1 Å². The van der Waals surface area contributed by atoms with Gasteiger partial charge in [-0.05, 0) is 37.8 Å². The van der Waals surface area contributed by atoms with Crippen molar-refractivity contribution in [3.63, 3.8) is 0 Å². The number of carbonyl (C=O) groups is 2. The summed E-state index contributed by atoms with van der Waals surface area (Å²) in [6, 6.07) is 3.68. The minimum atomic E-state index is -0.0740.